The average Bonchev–Trinajstić information content (AvgIpc) is 0.780. The van der Waals surface area contributed by atoms with Crippen molar-refractivity contribution in [1.82, 2.24) is 5.32 Å². The number of rotatable bonds is 73. The third-order valence-electron chi connectivity index (χ3n) is 22.5. The first kappa shape index (κ1) is 98.5. The van der Waals surface area contributed by atoms with Crippen LogP contribution in [0.15, 0.2) is 24.3 Å². The highest BCUT2D eigenvalue weighted by Gasteiger charge is 2.54. The van der Waals surface area contributed by atoms with Crippen LogP contribution in [0.4, 0.5) is 0 Å². The van der Waals surface area contributed by atoms with Gasteiger partial charge in [0.25, 0.3) is 0 Å². The number of allylic oxidation sites excluding steroid dienone is 3. The summed E-state index contributed by atoms with van der Waals surface area (Å²) >= 11 is 0. The van der Waals surface area contributed by atoms with Gasteiger partial charge in [-0.05, 0) is 44.9 Å². The first-order chi connectivity index (χ1) is 51.8. The van der Waals surface area contributed by atoms with Crippen LogP contribution in [0.5, 0.6) is 0 Å². The normalized spacial score (nSPS) is 25.7. The maximum Gasteiger partial charge on any atom is 0.220 e. The number of unbranched alkanes of at least 4 members (excludes halogenated alkanes) is 55. The van der Waals surface area contributed by atoms with Gasteiger partial charge in [0, 0.05) is 6.42 Å². The van der Waals surface area contributed by atoms with Crippen molar-refractivity contribution in [2.75, 3.05) is 26.4 Å². The predicted octanol–water partition coefficient (Wildman–Crippen LogP) is 16.5. The maximum absolute atomic E-state index is 13.5. The molecule has 3 aliphatic rings. The van der Waals surface area contributed by atoms with E-state index >= 15 is 0 Å². The molecular formula is C87H165NO18. The van der Waals surface area contributed by atoms with Gasteiger partial charge in [0.05, 0.1) is 38.6 Å². The molecule has 3 heterocycles. The van der Waals surface area contributed by atoms with Gasteiger partial charge in [-0.3, -0.25) is 4.79 Å². The zero-order valence-corrected chi connectivity index (χ0v) is 67.4. The Bertz CT molecular complexity index is 2000. The van der Waals surface area contributed by atoms with Gasteiger partial charge in [0.15, 0.2) is 18.9 Å². The van der Waals surface area contributed by atoms with Crippen LogP contribution in [0.25, 0.3) is 0 Å². The number of aliphatic hydroxyl groups is 11. The van der Waals surface area contributed by atoms with Crippen LogP contribution in [-0.4, -0.2) is 193 Å². The van der Waals surface area contributed by atoms with Crippen molar-refractivity contribution < 1.29 is 89.4 Å². The van der Waals surface area contributed by atoms with Gasteiger partial charge in [-0.2, -0.15) is 0 Å². The lowest BCUT2D eigenvalue weighted by atomic mass is 9.96. The van der Waals surface area contributed by atoms with Crippen molar-refractivity contribution >= 4 is 5.91 Å². The Kier molecular flexibility index (Phi) is 62.9. The average molecular weight is 1510 g/mol. The van der Waals surface area contributed by atoms with E-state index < -0.39 is 124 Å². The lowest BCUT2D eigenvalue weighted by Gasteiger charge is -2.48. The van der Waals surface area contributed by atoms with Crippen molar-refractivity contribution in [2.45, 2.75) is 497 Å². The fraction of sp³-hybridized carbons (Fsp3) is 0.943. The molecule has 0 spiro atoms. The summed E-state index contributed by atoms with van der Waals surface area (Å²) in [6.45, 7) is 1.81. The second kappa shape index (κ2) is 67.7. The number of ether oxygens (including phenoxy) is 6. The van der Waals surface area contributed by atoms with Crippen molar-refractivity contribution in [3.63, 3.8) is 0 Å². The molecule has 1 amide bonds. The van der Waals surface area contributed by atoms with Crippen molar-refractivity contribution in [3.05, 3.63) is 24.3 Å². The number of carbonyl (C=O) groups is 1. The molecule has 17 atom stereocenters. The van der Waals surface area contributed by atoms with Gasteiger partial charge in [-0.25, -0.2) is 0 Å². The van der Waals surface area contributed by atoms with E-state index in [0.717, 1.165) is 44.9 Å². The molecule has 12 N–H and O–H groups in total. The quantitative estimate of drug-likeness (QED) is 0.0199. The molecular weight excluding hydrogens is 1350 g/mol. The fourth-order valence-electron chi connectivity index (χ4n) is 15.4. The third kappa shape index (κ3) is 46.4. The van der Waals surface area contributed by atoms with E-state index in [1.54, 1.807) is 6.08 Å². The largest absolute Gasteiger partial charge is 0.394 e. The van der Waals surface area contributed by atoms with Crippen LogP contribution in [0, 0.1) is 0 Å². The Labute approximate surface area is 645 Å². The Morgan fingerprint density at radius 2 is 0.594 bits per heavy atom. The Morgan fingerprint density at radius 1 is 0.330 bits per heavy atom. The van der Waals surface area contributed by atoms with Gasteiger partial charge in [-0.15, -0.1) is 0 Å². The predicted molar refractivity (Wildman–Crippen MR) is 425 cm³/mol. The zero-order valence-electron chi connectivity index (χ0n) is 67.4. The zero-order chi connectivity index (χ0) is 76.7. The first-order valence-electron chi connectivity index (χ1n) is 44.6. The lowest BCUT2D eigenvalue weighted by Crippen LogP contribution is -2.66. The minimum atomic E-state index is -1.98. The van der Waals surface area contributed by atoms with Crippen LogP contribution in [-0.2, 0) is 33.2 Å². The van der Waals surface area contributed by atoms with E-state index in [1.165, 1.54) is 321 Å². The summed E-state index contributed by atoms with van der Waals surface area (Å²) in [7, 11) is 0. The molecule has 0 radical (unpaired) electrons. The van der Waals surface area contributed by atoms with E-state index in [-0.39, 0.29) is 18.9 Å². The smallest absolute Gasteiger partial charge is 0.220 e. The number of nitrogens with one attached hydrogen (secondary N) is 1. The molecule has 0 bridgehead atoms. The van der Waals surface area contributed by atoms with E-state index in [4.69, 9.17) is 28.4 Å². The van der Waals surface area contributed by atoms with Crippen LogP contribution < -0.4 is 5.32 Å². The molecule has 0 aliphatic carbocycles. The third-order valence-corrected chi connectivity index (χ3v) is 22.5. The molecule has 0 aromatic heterocycles. The molecule has 626 valence electrons. The summed E-state index contributed by atoms with van der Waals surface area (Å²) in [4.78, 5) is 13.5. The molecule has 106 heavy (non-hydrogen) atoms. The van der Waals surface area contributed by atoms with Crippen LogP contribution in [0.1, 0.15) is 393 Å². The Hall–Kier alpha value is -1.73. The molecule has 3 aliphatic heterocycles. The topological polar surface area (TPSA) is 307 Å². The van der Waals surface area contributed by atoms with E-state index in [2.05, 4.69) is 31.3 Å². The summed E-state index contributed by atoms with van der Waals surface area (Å²) in [6.07, 6.45) is 57.6. The SMILES string of the molecule is CCCCCCCCCC/C=C\CCCCCCCCCCCCCCCCCCCCCC(=O)NC(COC1OC(CO)C(OC2OC(CO)C(OC3OC(CO)C(O)C(O)C3O)C(O)C2O)C(O)C1O)C(O)/C=C/CCCCCCCCCCCCCCCCCCCCCCCCCCCCCC. The van der Waals surface area contributed by atoms with Crippen molar-refractivity contribution in [2.24, 2.45) is 0 Å². The Balaban J connectivity index is 1.34. The van der Waals surface area contributed by atoms with Gasteiger partial charge < -0.3 is 89.9 Å². The van der Waals surface area contributed by atoms with E-state index in [0.29, 0.717) is 6.42 Å². The molecule has 0 saturated carbocycles. The molecule has 17 unspecified atom stereocenters. The molecule has 19 heteroatoms. The maximum atomic E-state index is 13.5. The van der Waals surface area contributed by atoms with Crippen molar-refractivity contribution in [3.8, 4) is 0 Å². The highest BCUT2D eigenvalue weighted by Crippen LogP contribution is 2.34. The molecule has 3 fully saturated rings. The van der Waals surface area contributed by atoms with Crippen LogP contribution in [0.2, 0.25) is 0 Å². The summed E-state index contributed by atoms with van der Waals surface area (Å²) in [5.41, 5.74) is 0. The number of amides is 1. The fourth-order valence-corrected chi connectivity index (χ4v) is 15.4. The van der Waals surface area contributed by atoms with Crippen LogP contribution in [0.3, 0.4) is 0 Å². The van der Waals surface area contributed by atoms with Gasteiger partial charge in [0.2, 0.25) is 5.91 Å². The second-order valence-corrected chi connectivity index (χ2v) is 32.1. The highest BCUT2D eigenvalue weighted by atomic mass is 16.8. The number of carbonyl (C=O) groups excluding carboxylic acids is 1. The summed E-state index contributed by atoms with van der Waals surface area (Å²) in [5, 5.41) is 121. The first-order valence-corrected chi connectivity index (χ1v) is 44.6. The highest BCUT2D eigenvalue weighted by molar-refractivity contribution is 5.76. The van der Waals surface area contributed by atoms with Crippen molar-refractivity contribution in [1.29, 1.82) is 0 Å². The molecule has 3 saturated heterocycles. The minimum absolute atomic E-state index is 0.249. The van der Waals surface area contributed by atoms with Gasteiger partial charge in [0.1, 0.15) is 73.2 Å². The second-order valence-electron chi connectivity index (χ2n) is 32.1. The number of hydrogen-bond acceptors (Lipinski definition) is 18. The molecule has 0 aromatic rings. The van der Waals surface area contributed by atoms with E-state index in [9.17, 15) is 61.0 Å². The minimum Gasteiger partial charge on any atom is -0.394 e. The molecule has 19 nitrogen and oxygen atoms in total. The number of aliphatic hydroxyl groups excluding tert-OH is 11. The summed E-state index contributed by atoms with van der Waals surface area (Å²) in [6, 6.07) is -0.973. The van der Waals surface area contributed by atoms with Crippen LogP contribution >= 0.6 is 0 Å². The molecule has 3 rings (SSSR count). The standard InChI is InChI=1S/C87H165NO18/c1-3-5-7-9-11-13-15-17-19-21-23-25-27-29-31-33-35-37-39-41-43-45-47-49-51-53-55-57-59-61-63-65-75(93)88-70(71(92)64-62-60-58-56-54-52-50-48-46-44-42-40-38-36-34-32-30-28-26-24-22-20-18-16-14-12-10-8-6-4-2)69-101-85-81(99)78(96)83(73(67-90)103-85)106-87-82(100)79(97)84(74(68-91)104-87)105-86-80(98)77(95)76(94)72(66-89)102-86/h21,23,62,64,70-74,76-87,89-92,94-100H,3-20,22,24-61,63,65-69H2,1-2H3,(H,88,93)/b23-21-,64-62+. The molecule has 0 aromatic carbocycles. The van der Waals surface area contributed by atoms with Gasteiger partial charge in [-0.1, -0.05) is 366 Å². The van der Waals surface area contributed by atoms with Gasteiger partial charge >= 0.3 is 0 Å². The Morgan fingerprint density at radius 3 is 0.915 bits per heavy atom. The lowest BCUT2D eigenvalue weighted by molar-refractivity contribution is -0.379. The number of hydrogen-bond donors (Lipinski definition) is 12. The van der Waals surface area contributed by atoms with E-state index in [1.807, 2.05) is 6.08 Å². The monoisotopic (exact) mass is 1510 g/mol. The summed E-state index contributed by atoms with van der Waals surface area (Å²) < 4.78 is 34.5. The summed E-state index contributed by atoms with van der Waals surface area (Å²) in [5.74, 6) is -0.266.